The van der Waals surface area contributed by atoms with Crippen molar-refractivity contribution in [2.45, 2.75) is 70.9 Å². The molecule has 1 N–H and O–H groups in total. The highest BCUT2D eigenvalue weighted by Gasteiger charge is 2.61. The van der Waals surface area contributed by atoms with E-state index in [1.54, 1.807) is 0 Å². The van der Waals surface area contributed by atoms with Crippen LogP contribution in [0.5, 0.6) is 0 Å². The van der Waals surface area contributed by atoms with Gasteiger partial charge in [0.15, 0.2) is 0 Å². The monoisotopic (exact) mass is 355 g/mol. The number of carbonyl (C=O) groups is 1. The lowest BCUT2D eigenvalue weighted by Gasteiger charge is -2.59. The minimum absolute atomic E-state index is 0.0607. The first-order chi connectivity index (χ1) is 12.3. The van der Waals surface area contributed by atoms with E-state index in [1.165, 1.54) is 31.3 Å². The molecule has 5 aliphatic rings. The van der Waals surface area contributed by atoms with E-state index >= 15 is 0 Å². The number of fused-ring (bicyclic) bond motifs is 5. The van der Waals surface area contributed by atoms with Crippen molar-refractivity contribution in [3.05, 3.63) is 23.8 Å². The van der Waals surface area contributed by atoms with Gasteiger partial charge in [-0.2, -0.15) is 0 Å². The van der Waals surface area contributed by atoms with Crippen molar-refractivity contribution in [2.75, 3.05) is 7.05 Å². The van der Waals surface area contributed by atoms with Gasteiger partial charge in [-0.15, -0.1) is 0 Å². The predicted octanol–water partition coefficient (Wildman–Crippen LogP) is 3.93. The molecule has 7 atom stereocenters. The van der Waals surface area contributed by atoms with Crippen LogP contribution in [0, 0.1) is 34.5 Å². The van der Waals surface area contributed by atoms with Crippen molar-refractivity contribution in [1.29, 1.82) is 0 Å². The van der Waals surface area contributed by atoms with E-state index in [1.807, 2.05) is 18.0 Å². The summed E-state index contributed by atoms with van der Waals surface area (Å²) in [7, 11) is 1.98. The van der Waals surface area contributed by atoms with Crippen LogP contribution in [0.25, 0.3) is 0 Å². The van der Waals surface area contributed by atoms with Gasteiger partial charge in [0.1, 0.15) is 0 Å². The summed E-state index contributed by atoms with van der Waals surface area (Å²) in [4.78, 5) is 14.2. The van der Waals surface area contributed by atoms with Crippen LogP contribution in [0.15, 0.2) is 23.8 Å². The van der Waals surface area contributed by atoms with Crippen molar-refractivity contribution >= 4 is 5.91 Å². The lowest BCUT2D eigenvalue weighted by atomic mass is 9.48. The van der Waals surface area contributed by atoms with Gasteiger partial charge >= 0.3 is 0 Å². The molecule has 142 valence electrons. The predicted molar refractivity (Wildman–Crippen MR) is 102 cm³/mol. The summed E-state index contributed by atoms with van der Waals surface area (Å²) in [5, 5.41) is 11.1. The molecule has 0 bridgehead atoms. The van der Waals surface area contributed by atoms with Gasteiger partial charge in [-0.05, 0) is 80.3 Å². The fraction of sp³-hybridized carbons (Fsp3) is 0.783. The molecule has 0 aromatic carbocycles. The average molecular weight is 356 g/mol. The van der Waals surface area contributed by atoms with Crippen molar-refractivity contribution in [1.82, 2.24) is 4.90 Å². The van der Waals surface area contributed by atoms with E-state index in [0.717, 1.165) is 25.2 Å². The molecule has 4 aliphatic carbocycles. The van der Waals surface area contributed by atoms with E-state index < -0.39 is 0 Å². The van der Waals surface area contributed by atoms with Crippen LogP contribution >= 0.6 is 0 Å². The van der Waals surface area contributed by atoms with E-state index in [4.69, 9.17) is 0 Å². The molecule has 0 saturated heterocycles. The van der Waals surface area contributed by atoms with Gasteiger partial charge in [-0.1, -0.05) is 26.0 Å². The second-order valence-corrected chi connectivity index (χ2v) is 10.3. The number of rotatable bonds is 1. The normalized spacial score (nSPS) is 52.0. The Kier molecular flexibility index (Phi) is 3.58. The molecule has 0 spiro atoms. The largest absolute Gasteiger partial charge is 0.388 e. The number of amides is 1. The minimum Gasteiger partial charge on any atom is -0.388 e. The van der Waals surface area contributed by atoms with E-state index in [2.05, 4.69) is 26.0 Å². The Bertz CT molecular complexity index is 692. The SMILES string of the molecule is CN1C(=O)C=C[C@]2(C)[C@H]3CC[C@]4(C)[C@@H](O)/C(=C/C5CC5)C[C@H]4[C@@H]3CC[C@@H]12. The maximum Gasteiger partial charge on any atom is 0.246 e. The van der Waals surface area contributed by atoms with Gasteiger partial charge in [0.05, 0.1) is 6.10 Å². The Hall–Kier alpha value is -1.09. The quantitative estimate of drug-likeness (QED) is 0.724. The molecule has 5 rings (SSSR count). The summed E-state index contributed by atoms with van der Waals surface area (Å²) in [6, 6.07) is 0.346. The Morgan fingerprint density at radius 1 is 1.15 bits per heavy atom. The van der Waals surface area contributed by atoms with Crippen LogP contribution in [-0.2, 0) is 4.79 Å². The molecule has 4 fully saturated rings. The Morgan fingerprint density at radius 2 is 1.92 bits per heavy atom. The van der Waals surface area contributed by atoms with E-state index in [-0.39, 0.29) is 22.8 Å². The van der Waals surface area contributed by atoms with Gasteiger partial charge in [0.2, 0.25) is 5.91 Å². The van der Waals surface area contributed by atoms with Gasteiger partial charge in [0.25, 0.3) is 0 Å². The lowest BCUT2D eigenvalue weighted by Crippen LogP contribution is -2.59. The molecule has 4 saturated carbocycles. The van der Waals surface area contributed by atoms with E-state index in [0.29, 0.717) is 23.8 Å². The number of allylic oxidation sites excluding steroid dienone is 1. The smallest absolute Gasteiger partial charge is 0.246 e. The van der Waals surface area contributed by atoms with Crippen LogP contribution < -0.4 is 0 Å². The lowest BCUT2D eigenvalue weighted by molar-refractivity contribution is -0.140. The van der Waals surface area contributed by atoms with Crippen molar-refractivity contribution in [2.24, 2.45) is 34.5 Å². The Labute approximate surface area is 157 Å². The average Bonchev–Trinajstić information content (AvgIpc) is 3.39. The van der Waals surface area contributed by atoms with Crippen LogP contribution in [0.2, 0.25) is 0 Å². The third-order valence-electron chi connectivity index (χ3n) is 9.07. The number of aliphatic hydroxyl groups excluding tert-OH is 1. The molecule has 0 aromatic rings. The number of likely N-dealkylation sites (N-methyl/N-ethyl adjacent to an activating group) is 1. The third kappa shape index (κ3) is 2.19. The molecule has 0 aromatic heterocycles. The van der Waals surface area contributed by atoms with Gasteiger partial charge in [-0.3, -0.25) is 4.79 Å². The number of hydrogen-bond acceptors (Lipinski definition) is 2. The summed E-state index contributed by atoms with van der Waals surface area (Å²) >= 11 is 0. The maximum absolute atomic E-state index is 12.2. The highest BCUT2D eigenvalue weighted by molar-refractivity contribution is 5.89. The zero-order chi connectivity index (χ0) is 18.3. The topological polar surface area (TPSA) is 40.5 Å². The first kappa shape index (κ1) is 17.0. The van der Waals surface area contributed by atoms with Gasteiger partial charge in [0, 0.05) is 23.9 Å². The number of nitrogens with zero attached hydrogens (tertiary/aromatic N) is 1. The third-order valence-corrected chi connectivity index (χ3v) is 9.07. The fourth-order valence-corrected chi connectivity index (χ4v) is 7.32. The zero-order valence-corrected chi connectivity index (χ0v) is 16.4. The van der Waals surface area contributed by atoms with Crippen LogP contribution in [0.3, 0.4) is 0 Å². The number of hydrogen-bond donors (Lipinski definition) is 1. The fourth-order valence-electron chi connectivity index (χ4n) is 7.32. The summed E-state index contributed by atoms with van der Waals surface area (Å²) in [5.74, 6) is 2.83. The van der Waals surface area contributed by atoms with Gasteiger partial charge < -0.3 is 10.0 Å². The molecular formula is C23H33NO2. The number of carbonyl (C=O) groups excluding carboxylic acids is 1. The molecule has 3 nitrogen and oxygen atoms in total. The summed E-state index contributed by atoms with van der Waals surface area (Å²) in [6.45, 7) is 4.75. The van der Waals surface area contributed by atoms with Crippen LogP contribution in [0.1, 0.15) is 58.8 Å². The second-order valence-electron chi connectivity index (χ2n) is 10.3. The zero-order valence-electron chi connectivity index (χ0n) is 16.4. The summed E-state index contributed by atoms with van der Waals surface area (Å²) in [6.07, 6.45) is 14.6. The molecular weight excluding hydrogens is 322 g/mol. The molecule has 3 heteroatoms. The standard InChI is InChI=1S/C23H33NO2/c1-22-11-9-20(25)24(3)19(22)7-6-16-17(22)8-10-23(2)18(16)13-15(21(23)26)12-14-4-5-14/h9,11-12,14,16-19,21,26H,4-8,10,13H2,1-3H3/b15-12+/t16-,17+,18+,19-,21+,22-,23+/m1/s1. The van der Waals surface area contributed by atoms with Crippen molar-refractivity contribution in [3.8, 4) is 0 Å². The van der Waals surface area contributed by atoms with Crippen molar-refractivity contribution < 1.29 is 9.90 Å². The Balaban J connectivity index is 1.48. The first-order valence-electron chi connectivity index (χ1n) is 10.7. The summed E-state index contributed by atoms with van der Waals surface area (Å²) in [5.41, 5.74) is 1.51. The number of aliphatic hydroxyl groups is 1. The minimum atomic E-state index is -0.231. The molecule has 0 unspecified atom stereocenters. The molecule has 26 heavy (non-hydrogen) atoms. The molecule has 1 aliphatic heterocycles. The van der Waals surface area contributed by atoms with Gasteiger partial charge in [-0.25, -0.2) is 0 Å². The van der Waals surface area contributed by atoms with Crippen LogP contribution in [0.4, 0.5) is 0 Å². The molecule has 0 radical (unpaired) electrons. The first-order valence-corrected chi connectivity index (χ1v) is 10.7. The van der Waals surface area contributed by atoms with Crippen molar-refractivity contribution in [3.63, 3.8) is 0 Å². The second kappa shape index (κ2) is 5.47. The highest BCUT2D eigenvalue weighted by Crippen LogP contribution is 2.65. The van der Waals surface area contributed by atoms with Crippen LogP contribution in [-0.4, -0.2) is 35.1 Å². The summed E-state index contributed by atoms with van der Waals surface area (Å²) < 4.78 is 0. The maximum atomic E-state index is 12.2. The Morgan fingerprint density at radius 3 is 2.65 bits per heavy atom. The molecule has 1 heterocycles. The van der Waals surface area contributed by atoms with E-state index in [9.17, 15) is 9.90 Å². The highest BCUT2D eigenvalue weighted by atomic mass is 16.3. The molecule has 1 amide bonds.